The first-order valence-electron chi connectivity index (χ1n) is 6.46. The van der Waals surface area contributed by atoms with Gasteiger partial charge in [-0.15, -0.1) is 0 Å². The molecule has 0 radical (unpaired) electrons. The van der Waals surface area contributed by atoms with Crippen LogP contribution in [-0.4, -0.2) is 16.8 Å². The SMILES string of the molecule is O=C(O)C(CS)C12CC3CC(CC(C3)C1)C2. The summed E-state index contributed by atoms with van der Waals surface area (Å²) in [5.41, 5.74) is 0.113. The number of carboxylic acid groups (broad SMARTS) is 1. The molecule has 90 valence electrons. The van der Waals surface area contributed by atoms with E-state index in [1.54, 1.807) is 0 Å². The van der Waals surface area contributed by atoms with Crippen molar-refractivity contribution in [1.82, 2.24) is 0 Å². The first kappa shape index (κ1) is 10.9. The molecule has 0 aromatic rings. The molecule has 0 aromatic heterocycles. The molecule has 4 aliphatic rings. The fourth-order valence-corrected chi connectivity index (χ4v) is 5.68. The van der Waals surface area contributed by atoms with Crippen molar-refractivity contribution in [3.8, 4) is 0 Å². The zero-order valence-electron chi connectivity index (χ0n) is 9.56. The average Bonchev–Trinajstić information content (AvgIpc) is 2.14. The summed E-state index contributed by atoms with van der Waals surface area (Å²) < 4.78 is 0. The molecule has 4 saturated carbocycles. The largest absolute Gasteiger partial charge is 0.481 e. The third-order valence-electron chi connectivity index (χ3n) is 5.31. The first-order chi connectivity index (χ1) is 7.63. The molecule has 0 aromatic carbocycles. The lowest BCUT2D eigenvalue weighted by molar-refractivity contribution is -0.155. The fraction of sp³-hybridized carbons (Fsp3) is 0.923. The Bertz CT molecular complexity index is 278. The van der Waals surface area contributed by atoms with Crippen molar-refractivity contribution >= 4 is 18.6 Å². The molecule has 1 N–H and O–H groups in total. The molecule has 1 atom stereocenters. The molecule has 0 aliphatic heterocycles. The van der Waals surface area contributed by atoms with Gasteiger partial charge in [0.05, 0.1) is 5.92 Å². The highest BCUT2D eigenvalue weighted by atomic mass is 32.1. The van der Waals surface area contributed by atoms with Crippen LogP contribution in [-0.2, 0) is 4.79 Å². The molecular formula is C13H20O2S. The molecule has 1 unspecified atom stereocenters. The molecule has 4 rings (SSSR count). The zero-order chi connectivity index (χ0) is 11.3. The zero-order valence-corrected chi connectivity index (χ0v) is 10.5. The van der Waals surface area contributed by atoms with Gasteiger partial charge in [0.2, 0.25) is 0 Å². The minimum atomic E-state index is -0.614. The smallest absolute Gasteiger partial charge is 0.307 e. The quantitative estimate of drug-likeness (QED) is 0.744. The highest BCUT2D eigenvalue weighted by Gasteiger charge is 2.55. The van der Waals surface area contributed by atoms with Crippen molar-refractivity contribution in [1.29, 1.82) is 0 Å². The van der Waals surface area contributed by atoms with Crippen molar-refractivity contribution in [3.05, 3.63) is 0 Å². The van der Waals surface area contributed by atoms with E-state index in [2.05, 4.69) is 12.6 Å². The molecule has 0 amide bonds. The number of carbonyl (C=O) groups is 1. The van der Waals surface area contributed by atoms with Gasteiger partial charge in [0, 0.05) is 5.75 Å². The van der Waals surface area contributed by atoms with E-state index in [9.17, 15) is 9.90 Å². The number of hydrogen-bond acceptors (Lipinski definition) is 2. The number of rotatable bonds is 3. The van der Waals surface area contributed by atoms with Crippen LogP contribution in [0.25, 0.3) is 0 Å². The normalized spacial score (nSPS) is 46.9. The van der Waals surface area contributed by atoms with Crippen molar-refractivity contribution in [2.24, 2.45) is 29.1 Å². The van der Waals surface area contributed by atoms with E-state index in [0.717, 1.165) is 37.0 Å². The van der Waals surface area contributed by atoms with Crippen molar-refractivity contribution < 1.29 is 9.90 Å². The van der Waals surface area contributed by atoms with Gasteiger partial charge in [0.1, 0.15) is 0 Å². The van der Waals surface area contributed by atoms with Crippen LogP contribution < -0.4 is 0 Å². The summed E-state index contributed by atoms with van der Waals surface area (Å²) in [5.74, 6) is 2.18. The van der Waals surface area contributed by atoms with Crippen LogP contribution >= 0.6 is 12.6 Å². The van der Waals surface area contributed by atoms with Gasteiger partial charge >= 0.3 is 5.97 Å². The van der Waals surface area contributed by atoms with Gasteiger partial charge in [-0.1, -0.05) is 0 Å². The maximum Gasteiger partial charge on any atom is 0.307 e. The molecular weight excluding hydrogens is 220 g/mol. The average molecular weight is 240 g/mol. The van der Waals surface area contributed by atoms with Crippen molar-refractivity contribution in [3.63, 3.8) is 0 Å². The second kappa shape index (κ2) is 3.66. The van der Waals surface area contributed by atoms with Crippen molar-refractivity contribution in [2.45, 2.75) is 38.5 Å². The minimum Gasteiger partial charge on any atom is -0.481 e. The molecule has 2 nitrogen and oxygen atoms in total. The van der Waals surface area contributed by atoms with E-state index in [0.29, 0.717) is 5.75 Å². The van der Waals surface area contributed by atoms with E-state index in [4.69, 9.17) is 0 Å². The molecule has 4 aliphatic carbocycles. The molecule has 0 spiro atoms. The summed E-state index contributed by atoms with van der Waals surface area (Å²) in [7, 11) is 0. The molecule has 4 fully saturated rings. The standard InChI is InChI=1S/C13H20O2S/c14-12(15)11(7-16)13-4-8-1-9(5-13)3-10(2-8)6-13/h8-11,16H,1-7H2,(H,14,15). The molecule has 0 heterocycles. The Morgan fingerprint density at radius 1 is 1.19 bits per heavy atom. The maximum atomic E-state index is 11.4. The van der Waals surface area contributed by atoms with Crippen molar-refractivity contribution in [2.75, 3.05) is 5.75 Å². The van der Waals surface area contributed by atoms with E-state index in [1.165, 1.54) is 19.3 Å². The molecule has 0 saturated heterocycles. The van der Waals surface area contributed by atoms with E-state index in [-0.39, 0.29) is 11.3 Å². The number of hydrogen-bond donors (Lipinski definition) is 2. The molecule has 4 bridgehead atoms. The van der Waals surface area contributed by atoms with E-state index >= 15 is 0 Å². The highest BCUT2D eigenvalue weighted by Crippen LogP contribution is 2.62. The highest BCUT2D eigenvalue weighted by molar-refractivity contribution is 7.80. The van der Waals surface area contributed by atoms with Crippen LogP contribution in [0.4, 0.5) is 0 Å². The number of aliphatic carboxylic acids is 1. The Hall–Kier alpha value is -0.180. The monoisotopic (exact) mass is 240 g/mol. The Kier molecular flexibility index (Phi) is 2.50. The summed E-state index contributed by atoms with van der Waals surface area (Å²) in [6.45, 7) is 0. The van der Waals surface area contributed by atoms with Crippen LogP contribution in [0.1, 0.15) is 38.5 Å². The van der Waals surface area contributed by atoms with Crippen LogP contribution in [0.2, 0.25) is 0 Å². The third kappa shape index (κ3) is 1.51. The summed E-state index contributed by atoms with van der Waals surface area (Å²) in [5, 5.41) is 9.38. The summed E-state index contributed by atoms with van der Waals surface area (Å²) >= 11 is 4.29. The minimum absolute atomic E-state index is 0.113. The Morgan fingerprint density at radius 2 is 1.62 bits per heavy atom. The van der Waals surface area contributed by atoms with E-state index in [1.807, 2.05) is 0 Å². The molecule has 16 heavy (non-hydrogen) atoms. The van der Waals surface area contributed by atoms with Gasteiger partial charge in [-0.2, -0.15) is 12.6 Å². The Labute approximate surface area is 102 Å². The van der Waals surface area contributed by atoms with Gasteiger partial charge in [-0.05, 0) is 61.7 Å². The third-order valence-corrected chi connectivity index (χ3v) is 5.67. The summed E-state index contributed by atoms with van der Waals surface area (Å²) in [4.78, 5) is 11.4. The van der Waals surface area contributed by atoms with Gasteiger partial charge in [-0.25, -0.2) is 0 Å². The molecule has 3 heteroatoms. The lowest BCUT2D eigenvalue weighted by atomic mass is 9.46. The lowest BCUT2D eigenvalue weighted by Crippen LogP contribution is -2.51. The Balaban J connectivity index is 1.90. The summed E-state index contributed by atoms with van der Waals surface area (Å²) in [6.07, 6.45) is 7.61. The topological polar surface area (TPSA) is 37.3 Å². The second-order valence-electron chi connectivity index (χ2n) is 6.35. The van der Waals surface area contributed by atoms with Crippen LogP contribution in [0.5, 0.6) is 0 Å². The van der Waals surface area contributed by atoms with Crippen LogP contribution in [0.15, 0.2) is 0 Å². The lowest BCUT2D eigenvalue weighted by Gasteiger charge is -2.58. The van der Waals surface area contributed by atoms with Gasteiger partial charge in [-0.3, -0.25) is 4.79 Å². The maximum absolute atomic E-state index is 11.4. The van der Waals surface area contributed by atoms with E-state index < -0.39 is 5.97 Å². The van der Waals surface area contributed by atoms with Gasteiger partial charge < -0.3 is 5.11 Å². The van der Waals surface area contributed by atoms with Gasteiger partial charge in [0.15, 0.2) is 0 Å². The fourth-order valence-electron chi connectivity index (χ4n) is 5.14. The predicted molar refractivity (Wildman–Crippen MR) is 65.6 cm³/mol. The van der Waals surface area contributed by atoms with Crippen LogP contribution in [0.3, 0.4) is 0 Å². The number of thiol groups is 1. The van der Waals surface area contributed by atoms with Crippen LogP contribution in [0, 0.1) is 29.1 Å². The predicted octanol–water partition coefficient (Wildman–Crippen LogP) is 2.83. The second-order valence-corrected chi connectivity index (χ2v) is 6.72. The number of carboxylic acids is 1. The summed E-state index contributed by atoms with van der Waals surface area (Å²) in [6, 6.07) is 0. The first-order valence-corrected chi connectivity index (χ1v) is 7.10. The Morgan fingerprint density at radius 3 is 1.94 bits per heavy atom. The van der Waals surface area contributed by atoms with Gasteiger partial charge in [0.25, 0.3) is 0 Å².